The standard InChI is InChI=1S/C20H28OSi2/c1-18(2)16-17-23(21-22(3,4)5,19-12-8-6-9-13-19)20-14-10-7-11-15-20/h6-16H,17H2,1-5H3. The molecule has 0 saturated carbocycles. The van der Waals surface area contributed by atoms with E-state index < -0.39 is 16.6 Å². The van der Waals surface area contributed by atoms with Gasteiger partial charge in [-0.1, -0.05) is 72.3 Å². The Bertz CT molecular complexity index is 599. The fourth-order valence-electron chi connectivity index (χ4n) is 2.85. The monoisotopic (exact) mass is 340 g/mol. The van der Waals surface area contributed by atoms with Crippen LogP contribution in [-0.4, -0.2) is 16.6 Å². The van der Waals surface area contributed by atoms with Gasteiger partial charge in [-0.3, -0.25) is 0 Å². The molecule has 0 radical (unpaired) electrons. The number of rotatable bonds is 6. The van der Waals surface area contributed by atoms with Crippen molar-refractivity contribution in [2.24, 2.45) is 0 Å². The lowest BCUT2D eigenvalue weighted by atomic mass is 10.3. The molecular weight excluding hydrogens is 312 g/mol. The molecule has 122 valence electrons. The van der Waals surface area contributed by atoms with Crippen LogP contribution in [-0.2, 0) is 4.12 Å². The van der Waals surface area contributed by atoms with Crippen LogP contribution in [0.15, 0.2) is 72.3 Å². The van der Waals surface area contributed by atoms with E-state index in [9.17, 15) is 0 Å². The summed E-state index contributed by atoms with van der Waals surface area (Å²) in [5.74, 6) is 0. The Hall–Kier alpha value is -1.43. The molecule has 0 atom stereocenters. The van der Waals surface area contributed by atoms with Gasteiger partial charge in [-0.25, -0.2) is 0 Å². The zero-order valence-electron chi connectivity index (χ0n) is 15.0. The number of benzene rings is 2. The van der Waals surface area contributed by atoms with Crippen molar-refractivity contribution in [2.75, 3.05) is 0 Å². The summed E-state index contributed by atoms with van der Waals surface area (Å²) in [4.78, 5) is 0. The summed E-state index contributed by atoms with van der Waals surface area (Å²) in [6.07, 6.45) is 2.35. The number of hydrogen-bond acceptors (Lipinski definition) is 1. The molecule has 3 heteroatoms. The Kier molecular flexibility index (Phi) is 5.79. The average molecular weight is 341 g/mol. The smallest absolute Gasteiger partial charge is 0.248 e. The van der Waals surface area contributed by atoms with Crippen LogP contribution in [0, 0.1) is 0 Å². The first-order chi connectivity index (χ1) is 10.8. The van der Waals surface area contributed by atoms with Crippen LogP contribution in [0.4, 0.5) is 0 Å². The molecule has 2 aromatic carbocycles. The predicted octanol–water partition coefficient (Wildman–Crippen LogP) is 4.56. The summed E-state index contributed by atoms with van der Waals surface area (Å²) in [6.45, 7) is 11.2. The summed E-state index contributed by atoms with van der Waals surface area (Å²) in [6, 6.07) is 22.7. The second kappa shape index (κ2) is 7.43. The fraction of sp³-hybridized carbons (Fsp3) is 0.300. The first kappa shape index (κ1) is 17.9. The maximum absolute atomic E-state index is 6.98. The van der Waals surface area contributed by atoms with Crippen LogP contribution in [0.5, 0.6) is 0 Å². The molecule has 0 bridgehead atoms. The highest BCUT2D eigenvalue weighted by Crippen LogP contribution is 2.21. The van der Waals surface area contributed by atoms with E-state index in [-0.39, 0.29) is 0 Å². The molecule has 0 aliphatic heterocycles. The maximum Gasteiger partial charge on any atom is 0.248 e. The van der Waals surface area contributed by atoms with Crippen molar-refractivity contribution in [3.8, 4) is 0 Å². The topological polar surface area (TPSA) is 9.23 Å². The van der Waals surface area contributed by atoms with E-state index in [1.54, 1.807) is 0 Å². The summed E-state index contributed by atoms with van der Waals surface area (Å²) >= 11 is 0. The van der Waals surface area contributed by atoms with Crippen molar-refractivity contribution in [1.82, 2.24) is 0 Å². The van der Waals surface area contributed by atoms with E-state index in [1.807, 2.05) is 0 Å². The lowest BCUT2D eigenvalue weighted by Crippen LogP contribution is -2.64. The Morgan fingerprint density at radius 1 is 0.826 bits per heavy atom. The molecule has 0 aromatic heterocycles. The first-order valence-corrected chi connectivity index (χ1v) is 13.8. The highest BCUT2D eigenvalue weighted by atomic mass is 28.4. The SMILES string of the molecule is CC(C)=CC[Si](O[Si](C)(C)C)(c1ccccc1)c1ccccc1. The van der Waals surface area contributed by atoms with Crippen molar-refractivity contribution in [2.45, 2.75) is 39.5 Å². The van der Waals surface area contributed by atoms with Gasteiger partial charge in [0.25, 0.3) is 0 Å². The van der Waals surface area contributed by atoms with Crippen LogP contribution in [0.3, 0.4) is 0 Å². The molecule has 0 N–H and O–H groups in total. The number of allylic oxidation sites excluding steroid dienone is 2. The minimum atomic E-state index is -2.26. The van der Waals surface area contributed by atoms with Crippen molar-refractivity contribution in [3.05, 3.63) is 72.3 Å². The molecule has 0 spiro atoms. The Morgan fingerprint density at radius 2 is 1.26 bits per heavy atom. The number of hydrogen-bond donors (Lipinski definition) is 0. The Balaban J connectivity index is 2.65. The van der Waals surface area contributed by atoms with Crippen LogP contribution in [0.25, 0.3) is 0 Å². The van der Waals surface area contributed by atoms with E-state index in [4.69, 9.17) is 4.12 Å². The normalized spacial score (nSPS) is 12.0. The lowest BCUT2D eigenvalue weighted by Gasteiger charge is -2.38. The van der Waals surface area contributed by atoms with Gasteiger partial charge in [0.1, 0.15) is 0 Å². The molecular formula is C20H28OSi2. The van der Waals surface area contributed by atoms with Crippen molar-refractivity contribution >= 4 is 27.0 Å². The first-order valence-electron chi connectivity index (χ1n) is 8.28. The third kappa shape index (κ3) is 4.77. The van der Waals surface area contributed by atoms with Gasteiger partial charge < -0.3 is 4.12 Å². The van der Waals surface area contributed by atoms with Gasteiger partial charge in [-0.15, -0.1) is 0 Å². The zero-order chi connectivity index (χ0) is 16.9. The summed E-state index contributed by atoms with van der Waals surface area (Å²) < 4.78 is 6.98. The highest BCUT2D eigenvalue weighted by Gasteiger charge is 2.41. The van der Waals surface area contributed by atoms with Gasteiger partial charge in [-0.05, 0) is 49.9 Å². The van der Waals surface area contributed by atoms with E-state index in [0.29, 0.717) is 0 Å². The van der Waals surface area contributed by atoms with E-state index >= 15 is 0 Å². The largest absolute Gasteiger partial charge is 0.449 e. The second-order valence-electron chi connectivity index (χ2n) is 7.26. The van der Waals surface area contributed by atoms with E-state index in [2.05, 4.69) is 100 Å². The second-order valence-corrected chi connectivity index (χ2v) is 15.5. The summed E-state index contributed by atoms with van der Waals surface area (Å²) in [7, 11) is -3.96. The van der Waals surface area contributed by atoms with Gasteiger partial charge in [0.2, 0.25) is 8.32 Å². The van der Waals surface area contributed by atoms with Gasteiger partial charge in [0.15, 0.2) is 8.32 Å². The fourth-order valence-corrected chi connectivity index (χ4v) is 11.3. The van der Waals surface area contributed by atoms with E-state index in [1.165, 1.54) is 15.9 Å². The molecule has 23 heavy (non-hydrogen) atoms. The van der Waals surface area contributed by atoms with Crippen LogP contribution < -0.4 is 10.4 Å². The molecule has 0 aliphatic carbocycles. The van der Waals surface area contributed by atoms with Crippen molar-refractivity contribution in [3.63, 3.8) is 0 Å². The Labute approximate surface area is 143 Å². The predicted molar refractivity (Wildman–Crippen MR) is 107 cm³/mol. The third-order valence-electron chi connectivity index (χ3n) is 3.76. The quantitative estimate of drug-likeness (QED) is 0.553. The average Bonchev–Trinajstić information content (AvgIpc) is 2.52. The van der Waals surface area contributed by atoms with Crippen LogP contribution >= 0.6 is 0 Å². The minimum Gasteiger partial charge on any atom is -0.449 e. The lowest BCUT2D eigenvalue weighted by molar-refractivity contribution is 0.567. The molecule has 0 saturated heterocycles. The van der Waals surface area contributed by atoms with Gasteiger partial charge in [0.05, 0.1) is 0 Å². The molecule has 0 amide bonds. The Morgan fingerprint density at radius 3 is 1.61 bits per heavy atom. The summed E-state index contributed by atoms with van der Waals surface area (Å²) in [5, 5.41) is 2.73. The molecule has 2 aromatic rings. The van der Waals surface area contributed by atoms with Gasteiger partial charge >= 0.3 is 0 Å². The molecule has 0 aliphatic rings. The minimum absolute atomic E-state index is 0.994. The van der Waals surface area contributed by atoms with Crippen LogP contribution in [0.2, 0.25) is 25.7 Å². The van der Waals surface area contributed by atoms with Crippen molar-refractivity contribution < 1.29 is 4.12 Å². The molecule has 0 heterocycles. The molecule has 0 unspecified atom stereocenters. The highest BCUT2D eigenvalue weighted by molar-refractivity contribution is 7.02. The third-order valence-corrected chi connectivity index (χ3v) is 10.9. The maximum atomic E-state index is 6.98. The van der Waals surface area contributed by atoms with Crippen molar-refractivity contribution in [1.29, 1.82) is 0 Å². The molecule has 0 fully saturated rings. The van der Waals surface area contributed by atoms with Gasteiger partial charge in [0, 0.05) is 0 Å². The molecule has 1 nitrogen and oxygen atoms in total. The summed E-state index contributed by atoms with van der Waals surface area (Å²) in [5.41, 5.74) is 1.35. The van der Waals surface area contributed by atoms with Crippen LogP contribution in [0.1, 0.15) is 13.8 Å². The van der Waals surface area contributed by atoms with Gasteiger partial charge in [-0.2, -0.15) is 0 Å². The molecule has 2 rings (SSSR count). The zero-order valence-corrected chi connectivity index (χ0v) is 17.0. The van der Waals surface area contributed by atoms with E-state index in [0.717, 1.165) is 6.04 Å².